The van der Waals surface area contributed by atoms with E-state index in [4.69, 9.17) is 5.73 Å². The van der Waals surface area contributed by atoms with Crippen molar-refractivity contribution in [1.82, 2.24) is 9.97 Å². The number of nitrogens with two attached hydrogens (primary N) is 1. The van der Waals surface area contributed by atoms with Gasteiger partial charge in [-0.15, -0.1) is 11.3 Å². The molecule has 3 rings (SSSR count). The van der Waals surface area contributed by atoms with Gasteiger partial charge in [0.25, 0.3) is 0 Å². The van der Waals surface area contributed by atoms with Gasteiger partial charge in [-0.1, -0.05) is 18.7 Å². The Bertz CT molecular complexity index is 666. The minimum absolute atomic E-state index is 0.278. The van der Waals surface area contributed by atoms with E-state index in [2.05, 4.69) is 16.9 Å². The number of primary amides is 1. The van der Waals surface area contributed by atoms with Gasteiger partial charge >= 0.3 is 0 Å². The molecule has 0 radical (unpaired) electrons. The number of carbonyl (C=O) groups is 1. The summed E-state index contributed by atoms with van der Waals surface area (Å²) in [5.41, 5.74) is 6.68. The van der Waals surface area contributed by atoms with E-state index in [9.17, 15) is 4.79 Å². The molecule has 1 amide bonds. The minimum atomic E-state index is -0.302. The summed E-state index contributed by atoms with van der Waals surface area (Å²) in [6.45, 7) is 2.05. The van der Waals surface area contributed by atoms with Gasteiger partial charge in [0.05, 0.1) is 5.75 Å². The molecular weight excluding hydrogens is 290 g/mol. The van der Waals surface area contributed by atoms with Crippen molar-refractivity contribution in [2.24, 2.45) is 5.73 Å². The standard InChI is InChI=1S/C14H17N3OS2/c1-2-11-16-13(19-7-10(15)18)12-8-5-3-4-6-9(8)20-14(12)17-11/h2-7H2,1H3,(H2,15,18). The highest BCUT2D eigenvalue weighted by Gasteiger charge is 2.21. The molecule has 1 aliphatic carbocycles. The van der Waals surface area contributed by atoms with Crippen LogP contribution in [0.5, 0.6) is 0 Å². The van der Waals surface area contributed by atoms with E-state index in [0.717, 1.165) is 34.9 Å². The van der Waals surface area contributed by atoms with Crippen LogP contribution in [0.15, 0.2) is 5.03 Å². The van der Waals surface area contributed by atoms with Crippen LogP contribution in [0.3, 0.4) is 0 Å². The Kier molecular flexibility index (Phi) is 3.94. The first-order valence-electron chi connectivity index (χ1n) is 6.91. The summed E-state index contributed by atoms with van der Waals surface area (Å²) < 4.78 is 0. The summed E-state index contributed by atoms with van der Waals surface area (Å²) in [5.74, 6) is 0.826. The molecule has 106 valence electrons. The molecule has 4 nitrogen and oxygen atoms in total. The number of amides is 1. The number of aryl methyl sites for hydroxylation is 3. The lowest BCUT2D eigenvalue weighted by Gasteiger charge is -2.11. The first-order valence-corrected chi connectivity index (χ1v) is 8.71. The Labute approximate surface area is 126 Å². The predicted octanol–water partition coefficient (Wildman–Crippen LogP) is 2.71. The third-order valence-electron chi connectivity index (χ3n) is 3.50. The zero-order valence-electron chi connectivity index (χ0n) is 11.4. The molecule has 2 N–H and O–H groups in total. The SMILES string of the molecule is CCc1nc(SCC(N)=O)c2c3c(sc2n1)CCCC3. The van der Waals surface area contributed by atoms with Crippen LogP contribution < -0.4 is 5.73 Å². The van der Waals surface area contributed by atoms with Gasteiger partial charge in [0.15, 0.2) is 0 Å². The van der Waals surface area contributed by atoms with Crippen molar-refractivity contribution < 1.29 is 4.79 Å². The van der Waals surface area contributed by atoms with Crippen LogP contribution in [0.1, 0.15) is 36.0 Å². The van der Waals surface area contributed by atoms with E-state index < -0.39 is 0 Å². The number of hydrogen-bond acceptors (Lipinski definition) is 5. The number of rotatable bonds is 4. The van der Waals surface area contributed by atoms with Crippen LogP contribution in [-0.2, 0) is 24.1 Å². The van der Waals surface area contributed by atoms with Crippen molar-refractivity contribution in [1.29, 1.82) is 0 Å². The predicted molar refractivity (Wildman–Crippen MR) is 83.4 cm³/mol. The van der Waals surface area contributed by atoms with Gasteiger partial charge in [-0.05, 0) is 31.2 Å². The lowest BCUT2D eigenvalue weighted by molar-refractivity contribution is -0.115. The summed E-state index contributed by atoms with van der Waals surface area (Å²) in [7, 11) is 0. The van der Waals surface area contributed by atoms with E-state index in [1.807, 2.05) is 0 Å². The maximum Gasteiger partial charge on any atom is 0.227 e. The first kappa shape index (κ1) is 13.8. The molecule has 2 aromatic heterocycles. The second-order valence-electron chi connectivity index (χ2n) is 4.94. The van der Waals surface area contributed by atoms with Crippen molar-refractivity contribution in [2.45, 2.75) is 44.1 Å². The lowest BCUT2D eigenvalue weighted by Crippen LogP contribution is -2.13. The van der Waals surface area contributed by atoms with Crippen molar-refractivity contribution in [3.63, 3.8) is 0 Å². The van der Waals surface area contributed by atoms with Crippen LogP contribution in [-0.4, -0.2) is 21.6 Å². The molecule has 0 saturated carbocycles. The first-order chi connectivity index (χ1) is 9.69. The number of aromatic nitrogens is 2. The average Bonchev–Trinajstić information content (AvgIpc) is 2.82. The van der Waals surface area contributed by atoms with Gasteiger partial charge in [-0.3, -0.25) is 4.79 Å². The molecule has 0 atom stereocenters. The highest BCUT2D eigenvalue weighted by molar-refractivity contribution is 8.00. The van der Waals surface area contributed by atoms with Gasteiger partial charge in [-0.25, -0.2) is 9.97 Å². The summed E-state index contributed by atoms with van der Waals surface area (Å²) in [4.78, 5) is 22.9. The molecule has 0 aromatic carbocycles. The van der Waals surface area contributed by atoms with Crippen LogP contribution in [0, 0.1) is 0 Å². The third kappa shape index (κ3) is 2.54. The van der Waals surface area contributed by atoms with E-state index in [0.29, 0.717) is 0 Å². The molecule has 2 aromatic rings. The van der Waals surface area contributed by atoms with Gasteiger partial charge in [-0.2, -0.15) is 0 Å². The zero-order valence-corrected chi connectivity index (χ0v) is 13.1. The second-order valence-corrected chi connectivity index (χ2v) is 6.99. The monoisotopic (exact) mass is 307 g/mol. The molecule has 0 spiro atoms. The Morgan fingerprint density at radius 2 is 2.15 bits per heavy atom. The number of hydrogen-bond donors (Lipinski definition) is 1. The molecule has 0 aliphatic heterocycles. The molecule has 20 heavy (non-hydrogen) atoms. The van der Waals surface area contributed by atoms with Crippen LogP contribution in [0.4, 0.5) is 0 Å². The molecule has 2 heterocycles. The van der Waals surface area contributed by atoms with Crippen LogP contribution in [0.25, 0.3) is 10.2 Å². The Morgan fingerprint density at radius 1 is 1.35 bits per heavy atom. The van der Waals surface area contributed by atoms with E-state index >= 15 is 0 Å². The maximum absolute atomic E-state index is 11.1. The molecule has 0 fully saturated rings. The Morgan fingerprint density at radius 3 is 2.90 bits per heavy atom. The third-order valence-corrected chi connectivity index (χ3v) is 5.68. The number of thioether (sulfide) groups is 1. The van der Waals surface area contributed by atoms with Crippen LogP contribution in [0.2, 0.25) is 0 Å². The van der Waals surface area contributed by atoms with Crippen molar-refractivity contribution in [3.05, 3.63) is 16.3 Å². The largest absolute Gasteiger partial charge is 0.369 e. The van der Waals surface area contributed by atoms with Gasteiger partial charge in [0.1, 0.15) is 15.7 Å². The fraction of sp³-hybridized carbons (Fsp3) is 0.500. The van der Waals surface area contributed by atoms with Gasteiger partial charge in [0.2, 0.25) is 5.91 Å². The summed E-state index contributed by atoms with van der Waals surface area (Å²) in [5, 5.41) is 2.11. The Hall–Kier alpha value is -1.14. The summed E-state index contributed by atoms with van der Waals surface area (Å²) in [6.07, 6.45) is 5.56. The zero-order chi connectivity index (χ0) is 14.1. The highest BCUT2D eigenvalue weighted by atomic mass is 32.2. The van der Waals surface area contributed by atoms with Crippen molar-refractivity contribution in [3.8, 4) is 0 Å². The van der Waals surface area contributed by atoms with E-state index in [1.54, 1.807) is 11.3 Å². The van der Waals surface area contributed by atoms with Gasteiger partial charge in [0, 0.05) is 16.7 Å². The maximum atomic E-state index is 11.1. The number of nitrogens with zero attached hydrogens (tertiary/aromatic N) is 2. The Balaban J connectivity index is 2.13. The summed E-state index contributed by atoms with van der Waals surface area (Å²) in [6, 6.07) is 0. The quantitative estimate of drug-likeness (QED) is 0.696. The molecular formula is C14H17N3OS2. The van der Waals surface area contributed by atoms with Crippen LogP contribution >= 0.6 is 23.1 Å². The fourth-order valence-corrected chi connectivity index (χ4v) is 4.73. The normalized spacial score (nSPS) is 14.4. The minimum Gasteiger partial charge on any atom is -0.369 e. The molecule has 0 unspecified atom stereocenters. The average molecular weight is 307 g/mol. The number of thiophene rings is 1. The molecule has 0 bridgehead atoms. The van der Waals surface area contributed by atoms with E-state index in [1.165, 1.54) is 40.4 Å². The topological polar surface area (TPSA) is 68.9 Å². The fourth-order valence-electron chi connectivity index (χ4n) is 2.57. The smallest absolute Gasteiger partial charge is 0.227 e. The summed E-state index contributed by atoms with van der Waals surface area (Å²) >= 11 is 3.24. The van der Waals surface area contributed by atoms with Gasteiger partial charge < -0.3 is 5.73 Å². The number of fused-ring (bicyclic) bond motifs is 3. The van der Waals surface area contributed by atoms with Crippen molar-refractivity contribution >= 4 is 39.2 Å². The highest BCUT2D eigenvalue weighted by Crippen LogP contribution is 2.39. The number of carbonyl (C=O) groups excluding carboxylic acids is 1. The molecule has 0 saturated heterocycles. The van der Waals surface area contributed by atoms with Crippen molar-refractivity contribution in [2.75, 3.05) is 5.75 Å². The lowest BCUT2D eigenvalue weighted by atomic mass is 9.97. The molecule has 6 heteroatoms. The second kappa shape index (κ2) is 5.69. The van der Waals surface area contributed by atoms with E-state index in [-0.39, 0.29) is 11.7 Å². The molecule has 1 aliphatic rings.